The number of ether oxygens (including phenoxy) is 1. The van der Waals surface area contributed by atoms with Gasteiger partial charge < -0.3 is 23.6 Å². The fraction of sp³-hybridized carbons (Fsp3) is 0.619. The van der Waals surface area contributed by atoms with Gasteiger partial charge in [0.1, 0.15) is 23.6 Å². The van der Waals surface area contributed by atoms with E-state index in [4.69, 9.17) is 13.8 Å². The van der Waals surface area contributed by atoms with Crippen molar-refractivity contribution in [1.82, 2.24) is 20.1 Å². The monoisotopic (exact) mass is 418 g/mol. The molecule has 0 radical (unpaired) electrons. The van der Waals surface area contributed by atoms with Crippen LogP contribution in [0.25, 0.3) is 0 Å². The standard InChI is InChI=1S/C21H30N4O5/c1-12(2)7-24-8-17(28-11-18-13(3)22-29-15(18)5)9-25(10-19(24)26)21(27)20-14(4)23-30-16(20)6/h12,17H,7-11H2,1-6H3. The van der Waals surface area contributed by atoms with E-state index < -0.39 is 0 Å². The molecule has 1 atom stereocenters. The van der Waals surface area contributed by atoms with Gasteiger partial charge in [0.05, 0.1) is 24.1 Å². The summed E-state index contributed by atoms with van der Waals surface area (Å²) in [5.41, 5.74) is 2.59. The lowest BCUT2D eigenvalue weighted by atomic mass is 10.1. The quantitative estimate of drug-likeness (QED) is 0.710. The average Bonchev–Trinajstić information content (AvgIpc) is 3.12. The summed E-state index contributed by atoms with van der Waals surface area (Å²) in [5, 5.41) is 7.83. The summed E-state index contributed by atoms with van der Waals surface area (Å²) in [6, 6.07) is 0. The number of nitrogens with zero attached hydrogens (tertiary/aromatic N) is 4. The van der Waals surface area contributed by atoms with E-state index in [-0.39, 0.29) is 24.5 Å². The maximum atomic E-state index is 13.2. The fourth-order valence-electron chi connectivity index (χ4n) is 3.71. The number of carbonyl (C=O) groups is 2. The van der Waals surface area contributed by atoms with Gasteiger partial charge in [0.15, 0.2) is 0 Å². The molecule has 9 heteroatoms. The van der Waals surface area contributed by atoms with Crippen LogP contribution in [0.2, 0.25) is 0 Å². The van der Waals surface area contributed by atoms with Crippen molar-refractivity contribution in [2.75, 3.05) is 26.2 Å². The molecule has 164 valence electrons. The van der Waals surface area contributed by atoms with Crippen LogP contribution in [0.3, 0.4) is 0 Å². The summed E-state index contributed by atoms with van der Waals surface area (Å²) < 4.78 is 16.5. The van der Waals surface area contributed by atoms with Crippen molar-refractivity contribution in [2.24, 2.45) is 5.92 Å². The number of aromatic nitrogens is 2. The van der Waals surface area contributed by atoms with Gasteiger partial charge in [-0.15, -0.1) is 0 Å². The van der Waals surface area contributed by atoms with Crippen LogP contribution in [0.1, 0.15) is 52.7 Å². The number of amides is 2. The van der Waals surface area contributed by atoms with Crippen molar-refractivity contribution >= 4 is 11.8 Å². The molecule has 1 saturated heterocycles. The van der Waals surface area contributed by atoms with Gasteiger partial charge in [-0.25, -0.2) is 0 Å². The van der Waals surface area contributed by atoms with E-state index >= 15 is 0 Å². The predicted octanol–water partition coefficient (Wildman–Crippen LogP) is 2.42. The summed E-state index contributed by atoms with van der Waals surface area (Å²) in [4.78, 5) is 29.4. The first-order valence-corrected chi connectivity index (χ1v) is 10.2. The van der Waals surface area contributed by atoms with Gasteiger partial charge in [-0.3, -0.25) is 9.59 Å². The largest absolute Gasteiger partial charge is 0.370 e. The number of aryl methyl sites for hydroxylation is 4. The minimum atomic E-state index is -0.340. The average molecular weight is 418 g/mol. The smallest absolute Gasteiger partial charge is 0.259 e. The molecule has 0 bridgehead atoms. The Morgan fingerprint density at radius 2 is 1.77 bits per heavy atom. The van der Waals surface area contributed by atoms with Crippen LogP contribution in [0, 0.1) is 33.6 Å². The van der Waals surface area contributed by atoms with Gasteiger partial charge in [0.25, 0.3) is 5.91 Å². The highest BCUT2D eigenvalue weighted by molar-refractivity contribution is 5.98. The zero-order chi connectivity index (χ0) is 22.0. The second-order valence-electron chi connectivity index (χ2n) is 8.31. The maximum Gasteiger partial charge on any atom is 0.259 e. The van der Waals surface area contributed by atoms with E-state index in [1.807, 2.05) is 13.8 Å². The van der Waals surface area contributed by atoms with Crippen LogP contribution < -0.4 is 0 Å². The summed E-state index contributed by atoms with van der Waals surface area (Å²) in [6.45, 7) is 12.9. The van der Waals surface area contributed by atoms with Crippen molar-refractivity contribution in [2.45, 2.75) is 54.3 Å². The molecular formula is C21H30N4O5. The topological polar surface area (TPSA) is 102 Å². The second kappa shape index (κ2) is 8.99. The van der Waals surface area contributed by atoms with Gasteiger partial charge in [-0.2, -0.15) is 0 Å². The van der Waals surface area contributed by atoms with Crippen LogP contribution in [0.5, 0.6) is 0 Å². The van der Waals surface area contributed by atoms with E-state index in [2.05, 4.69) is 24.2 Å². The van der Waals surface area contributed by atoms with Crippen LogP contribution in [-0.2, 0) is 16.1 Å². The molecule has 0 saturated carbocycles. The third-order valence-electron chi connectivity index (χ3n) is 5.29. The molecule has 1 aliphatic rings. The van der Waals surface area contributed by atoms with Crippen LogP contribution in [0.4, 0.5) is 0 Å². The number of hydrogen-bond donors (Lipinski definition) is 0. The minimum Gasteiger partial charge on any atom is -0.370 e. The molecule has 2 aromatic rings. The third kappa shape index (κ3) is 4.72. The summed E-state index contributed by atoms with van der Waals surface area (Å²) in [6.07, 6.45) is -0.340. The lowest BCUT2D eigenvalue weighted by Gasteiger charge is -2.26. The van der Waals surface area contributed by atoms with Crippen LogP contribution >= 0.6 is 0 Å². The molecule has 3 rings (SSSR count). The highest BCUT2D eigenvalue weighted by Crippen LogP contribution is 2.20. The highest BCUT2D eigenvalue weighted by Gasteiger charge is 2.33. The Hall–Kier alpha value is -2.68. The van der Waals surface area contributed by atoms with Crippen molar-refractivity contribution in [3.63, 3.8) is 0 Å². The zero-order valence-corrected chi connectivity index (χ0v) is 18.5. The van der Waals surface area contributed by atoms with E-state index in [0.717, 1.165) is 11.3 Å². The molecule has 1 aliphatic heterocycles. The Kier molecular flexibility index (Phi) is 6.60. The van der Waals surface area contributed by atoms with Crippen molar-refractivity contribution in [3.8, 4) is 0 Å². The number of rotatable bonds is 6. The van der Waals surface area contributed by atoms with Crippen molar-refractivity contribution in [1.29, 1.82) is 0 Å². The summed E-state index contributed by atoms with van der Waals surface area (Å²) in [7, 11) is 0. The molecule has 0 aliphatic carbocycles. The zero-order valence-electron chi connectivity index (χ0n) is 18.5. The van der Waals surface area contributed by atoms with Crippen LogP contribution in [0.15, 0.2) is 9.05 Å². The van der Waals surface area contributed by atoms with Gasteiger partial charge in [0, 0.05) is 25.2 Å². The molecule has 3 heterocycles. The highest BCUT2D eigenvalue weighted by atomic mass is 16.5. The Labute approximate surface area is 176 Å². The first-order chi connectivity index (χ1) is 14.2. The summed E-state index contributed by atoms with van der Waals surface area (Å²) >= 11 is 0. The maximum absolute atomic E-state index is 13.2. The number of carbonyl (C=O) groups excluding carboxylic acids is 2. The molecule has 1 unspecified atom stereocenters. The van der Waals surface area contributed by atoms with E-state index in [1.54, 1.807) is 18.7 Å². The third-order valence-corrected chi connectivity index (χ3v) is 5.29. The first kappa shape index (κ1) is 22.0. The van der Waals surface area contributed by atoms with Crippen molar-refractivity contribution in [3.05, 3.63) is 34.0 Å². The second-order valence-corrected chi connectivity index (χ2v) is 8.31. The van der Waals surface area contributed by atoms with E-state index in [9.17, 15) is 9.59 Å². The molecule has 30 heavy (non-hydrogen) atoms. The van der Waals surface area contributed by atoms with Crippen LogP contribution in [-0.4, -0.2) is 64.2 Å². The lowest BCUT2D eigenvalue weighted by Crippen LogP contribution is -2.40. The van der Waals surface area contributed by atoms with Gasteiger partial charge in [-0.05, 0) is 33.6 Å². The normalized spacial score (nSPS) is 17.7. The predicted molar refractivity (Wildman–Crippen MR) is 108 cm³/mol. The lowest BCUT2D eigenvalue weighted by molar-refractivity contribution is -0.132. The van der Waals surface area contributed by atoms with E-state index in [0.29, 0.717) is 54.9 Å². The molecule has 9 nitrogen and oxygen atoms in total. The first-order valence-electron chi connectivity index (χ1n) is 10.2. The number of hydrogen-bond acceptors (Lipinski definition) is 7. The Morgan fingerprint density at radius 3 is 2.33 bits per heavy atom. The molecule has 1 fully saturated rings. The Bertz CT molecular complexity index is 878. The SMILES string of the molecule is Cc1noc(C)c1COC1CN(CC(C)C)C(=O)CN(C(=O)c2c(C)noc2C)C1. The molecular weight excluding hydrogens is 388 g/mol. The summed E-state index contributed by atoms with van der Waals surface area (Å²) in [5.74, 6) is 1.10. The van der Waals surface area contributed by atoms with E-state index in [1.165, 1.54) is 4.90 Å². The molecule has 0 spiro atoms. The Balaban J connectivity index is 1.82. The Morgan fingerprint density at radius 1 is 1.10 bits per heavy atom. The molecule has 0 N–H and O–H groups in total. The van der Waals surface area contributed by atoms with Gasteiger partial charge >= 0.3 is 0 Å². The fourth-order valence-corrected chi connectivity index (χ4v) is 3.71. The van der Waals surface area contributed by atoms with Gasteiger partial charge in [0.2, 0.25) is 5.91 Å². The minimum absolute atomic E-state index is 0.000788. The van der Waals surface area contributed by atoms with Crippen molar-refractivity contribution < 1.29 is 23.4 Å². The molecule has 0 aromatic carbocycles. The molecule has 2 aromatic heterocycles. The van der Waals surface area contributed by atoms with Gasteiger partial charge in [-0.1, -0.05) is 24.2 Å². The molecule has 2 amide bonds.